The molecule has 0 radical (unpaired) electrons. The van der Waals surface area contributed by atoms with Crippen molar-refractivity contribution < 1.29 is 13.2 Å². The molecule has 2 rings (SSSR count). The van der Waals surface area contributed by atoms with E-state index < -0.39 is 10.0 Å². The average molecular weight is 339 g/mol. The smallest absolute Gasteiger partial charge is 0.280 e. The molecule has 0 aromatic heterocycles. The minimum Gasteiger partial charge on any atom is -0.495 e. The number of halogens is 1. The molecule has 0 saturated carbocycles. The third-order valence-corrected chi connectivity index (χ3v) is 4.48. The Morgan fingerprint density at radius 3 is 2.64 bits per heavy atom. The van der Waals surface area contributed by atoms with Crippen LogP contribution in [0.2, 0.25) is 5.02 Å². The quantitative estimate of drug-likeness (QED) is 0.673. The number of hydrogen-bond acceptors (Lipinski definition) is 4. The Bertz CT molecular complexity index is 804. The van der Waals surface area contributed by atoms with Crippen LogP contribution in [0.15, 0.2) is 52.5 Å². The lowest BCUT2D eigenvalue weighted by Crippen LogP contribution is -2.19. The molecule has 0 heterocycles. The molecule has 0 bridgehead atoms. The largest absolute Gasteiger partial charge is 0.495 e. The number of nitrogens with zero attached hydrogens (tertiary/aromatic N) is 1. The van der Waals surface area contributed by atoms with Crippen molar-refractivity contribution in [2.24, 2.45) is 5.10 Å². The first-order chi connectivity index (χ1) is 10.4. The van der Waals surface area contributed by atoms with Gasteiger partial charge in [-0.2, -0.15) is 18.4 Å². The van der Waals surface area contributed by atoms with Crippen LogP contribution in [-0.4, -0.2) is 21.7 Å². The maximum absolute atomic E-state index is 12.3. The first-order valence-electron chi connectivity index (χ1n) is 6.38. The monoisotopic (exact) mass is 338 g/mol. The summed E-state index contributed by atoms with van der Waals surface area (Å²) in [5.74, 6) is 0.256. The van der Waals surface area contributed by atoms with Crippen molar-refractivity contribution >= 4 is 27.8 Å². The number of sulfonamides is 1. The van der Waals surface area contributed by atoms with Crippen molar-refractivity contribution in [3.8, 4) is 5.75 Å². The Morgan fingerprint density at radius 2 is 1.95 bits per heavy atom. The predicted octanol–water partition coefficient (Wildman–Crippen LogP) is 2.97. The fourth-order valence-electron chi connectivity index (χ4n) is 1.79. The number of aryl methyl sites for hydroxylation is 1. The maximum atomic E-state index is 12.3. The van der Waals surface area contributed by atoms with E-state index in [4.69, 9.17) is 16.3 Å². The number of benzene rings is 2. The Morgan fingerprint density at radius 1 is 1.23 bits per heavy atom. The zero-order valence-corrected chi connectivity index (χ0v) is 13.6. The molecule has 2 aromatic rings. The van der Waals surface area contributed by atoms with Gasteiger partial charge in [0.25, 0.3) is 10.0 Å². The lowest BCUT2D eigenvalue weighted by atomic mass is 10.2. The summed E-state index contributed by atoms with van der Waals surface area (Å²) in [7, 11) is -2.41. The van der Waals surface area contributed by atoms with Gasteiger partial charge in [0.15, 0.2) is 0 Å². The third-order valence-electron chi connectivity index (χ3n) is 2.89. The Hall–Kier alpha value is -2.05. The van der Waals surface area contributed by atoms with Crippen LogP contribution in [0, 0.1) is 6.92 Å². The summed E-state index contributed by atoms with van der Waals surface area (Å²) >= 11 is 5.97. The van der Waals surface area contributed by atoms with Gasteiger partial charge in [-0.15, -0.1) is 0 Å². The molecule has 0 amide bonds. The Kier molecular flexibility index (Phi) is 5.05. The van der Waals surface area contributed by atoms with E-state index in [9.17, 15) is 8.42 Å². The number of nitrogens with one attached hydrogen (secondary N) is 1. The summed E-state index contributed by atoms with van der Waals surface area (Å²) in [4.78, 5) is 2.19. The zero-order valence-electron chi connectivity index (χ0n) is 12.1. The van der Waals surface area contributed by atoms with Crippen molar-refractivity contribution in [3.63, 3.8) is 0 Å². The van der Waals surface area contributed by atoms with Gasteiger partial charge in [-0.25, -0.2) is 0 Å². The van der Waals surface area contributed by atoms with Gasteiger partial charge in [0.05, 0.1) is 13.3 Å². The minimum absolute atomic E-state index is 0.0336. The van der Waals surface area contributed by atoms with Crippen LogP contribution in [-0.2, 0) is 10.0 Å². The van der Waals surface area contributed by atoms with Crippen molar-refractivity contribution in [2.45, 2.75) is 11.8 Å². The normalized spacial score (nSPS) is 11.6. The second-order valence-corrected chi connectivity index (χ2v) is 6.57. The first-order valence-corrected chi connectivity index (χ1v) is 8.24. The summed E-state index contributed by atoms with van der Waals surface area (Å²) in [6.45, 7) is 1.80. The number of methoxy groups -OCH3 is 1. The summed E-state index contributed by atoms with van der Waals surface area (Å²) in [6, 6.07) is 11.9. The molecule has 0 aliphatic carbocycles. The predicted molar refractivity (Wildman–Crippen MR) is 87.1 cm³/mol. The van der Waals surface area contributed by atoms with E-state index in [2.05, 4.69) is 9.93 Å². The van der Waals surface area contributed by atoms with E-state index in [1.54, 1.807) is 43.3 Å². The van der Waals surface area contributed by atoms with Crippen molar-refractivity contribution in [1.29, 1.82) is 0 Å². The van der Waals surface area contributed by atoms with Crippen molar-refractivity contribution in [3.05, 3.63) is 58.6 Å². The number of hydrazone groups is 1. The molecule has 5 nitrogen and oxygen atoms in total. The van der Waals surface area contributed by atoms with Crippen LogP contribution in [0.4, 0.5) is 0 Å². The molecule has 0 fully saturated rings. The zero-order chi connectivity index (χ0) is 16.2. The second-order valence-electron chi connectivity index (χ2n) is 4.53. The van der Waals surface area contributed by atoms with Crippen LogP contribution < -0.4 is 9.57 Å². The van der Waals surface area contributed by atoms with Gasteiger partial charge in [-0.3, -0.25) is 0 Å². The van der Waals surface area contributed by atoms with E-state index in [0.717, 1.165) is 5.56 Å². The average Bonchev–Trinajstić information content (AvgIpc) is 2.49. The van der Waals surface area contributed by atoms with Gasteiger partial charge in [0.1, 0.15) is 10.6 Å². The Balaban J connectivity index is 2.25. The molecule has 22 heavy (non-hydrogen) atoms. The second kappa shape index (κ2) is 6.81. The summed E-state index contributed by atoms with van der Waals surface area (Å²) in [5, 5.41) is 4.24. The molecule has 0 aliphatic rings. The van der Waals surface area contributed by atoms with Crippen LogP contribution in [0.5, 0.6) is 5.75 Å². The molecule has 0 spiro atoms. The summed E-state index contributed by atoms with van der Waals surface area (Å²) in [6.07, 6.45) is 1.35. The van der Waals surface area contributed by atoms with E-state index in [0.29, 0.717) is 10.6 Å². The van der Waals surface area contributed by atoms with E-state index in [1.165, 1.54) is 19.4 Å². The lowest BCUT2D eigenvalue weighted by molar-refractivity contribution is 0.402. The molecule has 7 heteroatoms. The number of rotatable bonds is 5. The van der Waals surface area contributed by atoms with Gasteiger partial charge in [0.2, 0.25) is 0 Å². The van der Waals surface area contributed by atoms with Gasteiger partial charge in [-0.05, 0) is 30.7 Å². The molecular formula is C15H15ClN2O3S. The van der Waals surface area contributed by atoms with Crippen LogP contribution >= 0.6 is 11.6 Å². The van der Waals surface area contributed by atoms with Crippen LogP contribution in [0.25, 0.3) is 0 Å². The van der Waals surface area contributed by atoms with Gasteiger partial charge in [0, 0.05) is 10.6 Å². The molecule has 0 saturated heterocycles. The molecule has 116 valence electrons. The van der Waals surface area contributed by atoms with Crippen LogP contribution in [0.3, 0.4) is 0 Å². The van der Waals surface area contributed by atoms with Crippen LogP contribution in [0.1, 0.15) is 11.1 Å². The highest BCUT2D eigenvalue weighted by molar-refractivity contribution is 7.89. The first kappa shape index (κ1) is 16.3. The maximum Gasteiger partial charge on any atom is 0.280 e. The fourth-order valence-corrected chi connectivity index (χ4v) is 3.02. The van der Waals surface area contributed by atoms with Crippen molar-refractivity contribution in [1.82, 2.24) is 4.83 Å². The third kappa shape index (κ3) is 3.78. The molecule has 2 aromatic carbocycles. The molecule has 0 aliphatic heterocycles. The molecular weight excluding hydrogens is 324 g/mol. The standard InChI is InChI=1S/C15H15ClN2O3S/c1-11-7-8-14(21-2)15(9-11)22(19,20)18-17-10-12-5-3-4-6-13(12)16/h3-10,18H,1-2H3/b17-10+. The number of ether oxygens (including phenoxy) is 1. The van der Waals surface area contributed by atoms with E-state index in [1.807, 2.05) is 0 Å². The van der Waals surface area contributed by atoms with Gasteiger partial charge < -0.3 is 4.74 Å². The molecule has 0 atom stereocenters. The Labute approximate surface area is 134 Å². The van der Waals surface area contributed by atoms with E-state index in [-0.39, 0.29) is 10.6 Å². The number of hydrogen-bond donors (Lipinski definition) is 1. The lowest BCUT2D eigenvalue weighted by Gasteiger charge is -2.09. The highest BCUT2D eigenvalue weighted by Gasteiger charge is 2.18. The SMILES string of the molecule is COc1ccc(C)cc1S(=O)(=O)N/N=C/c1ccccc1Cl. The highest BCUT2D eigenvalue weighted by atomic mass is 35.5. The van der Waals surface area contributed by atoms with Crippen molar-refractivity contribution in [2.75, 3.05) is 7.11 Å². The molecule has 0 unspecified atom stereocenters. The topological polar surface area (TPSA) is 67.8 Å². The van der Waals surface area contributed by atoms with Gasteiger partial charge >= 0.3 is 0 Å². The van der Waals surface area contributed by atoms with E-state index >= 15 is 0 Å². The minimum atomic E-state index is -3.82. The molecule has 1 N–H and O–H groups in total. The summed E-state index contributed by atoms with van der Waals surface area (Å²) in [5.41, 5.74) is 1.42. The van der Waals surface area contributed by atoms with Gasteiger partial charge in [-0.1, -0.05) is 35.9 Å². The highest BCUT2D eigenvalue weighted by Crippen LogP contribution is 2.24. The summed E-state index contributed by atoms with van der Waals surface area (Å²) < 4.78 is 29.7. The fraction of sp³-hybridized carbons (Fsp3) is 0.133.